The zero-order valence-corrected chi connectivity index (χ0v) is 15.3. The number of hydrogen-bond donors (Lipinski definition) is 3. The summed E-state index contributed by atoms with van der Waals surface area (Å²) in [5.74, 6) is 0.0698. The summed E-state index contributed by atoms with van der Waals surface area (Å²) < 4.78 is 11.2. The molecule has 2 aliphatic heterocycles. The molecule has 0 aromatic carbocycles. The van der Waals surface area contributed by atoms with Gasteiger partial charge in [-0.2, -0.15) is 0 Å². The van der Waals surface area contributed by atoms with Crippen molar-refractivity contribution < 1.29 is 24.2 Å². The van der Waals surface area contributed by atoms with E-state index in [4.69, 9.17) is 9.47 Å². The van der Waals surface area contributed by atoms with E-state index in [1.54, 1.807) is 4.90 Å². The van der Waals surface area contributed by atoms with Crippen molar-refractivity contribution in [3.63, 3.8) is 0 Å². The highest BCUT2D eigenvalue weighted by atomic mass is 16.5. The molecule has 0 aromatic heterocycles. The van der Waals surface area contributed by atoms with E-state index in [1.165, 1.54) is 0 Å². The number of aliphatic hydroxyl groups is 1. The molecule has 3 aliphatic rings. The summed E-state index contributed by atoms with van der Waals surface area (Å²) in [7, 11) is 0. The first-order chi connectivity index (χ1) is 12.7. The van der Waals surface area contributed by atoms with Gasteiger partial charge in [0.2, 0.25) is 5.91 Å². The van der Waals surface area contributed by atoms with Gasteiger partial charge >= 0.3 is 6.03 Å². The van der Waals surface area contributed by atoms with Gasteiger partial charge in [0.05, 0.1) is 38.4 Å². The van der Waals surface area contributed by atoms with Gasteiger partial charge in [0.1, 0.15) is 6.10 Å². The van der Waals surface area contributed by atoms with Crippen LogP contribution in [0.3, 0.4) is 0 Å². The molecule has 3 fully saturated rings. The molecule has 8 nitrogen and oxygen atoms in total. The van der Waals surface area contributed by atoms with Gasteiger partial charge in [0, 0.05) is 19.1 Å². The molecular formula is C18H31N3O5. The van der Waals surface area contributed by atoms with E-state index in [0.29, 0.717) is 45.6 Å². The van der Waals surface area contributed by atoms with Gasteiger partial charge in [-0.15, -0.1) is 0 Å². The Labute approximate surface area is 154 Å². The fourth-order valence-electron chi connectivity index (χ4n) is 4.05. The molecule has 0 unspecified atom stereocenters. The average molecular weight is 369 g/mol. The number of nitrogens with zero attached hydrogens (tertiary/aromatic N) is 1. The molecule has 3 atom stereocenters. The lowest BCUT2D eigenvalue weighted by atomic mass is 9.97. The predicted octanol–water partition coefficient (Wildman–Crippen LogP) is 0.386. The van der Waals surface area contributed by atoms with Crippen LogP contribution in [-0.2, 0) is 14.3 Å². The van der Waals surface area contributed by atoms with Crippen LogP contribution in [0.5, 0.6) is 0 Å². The minimum absolute atomic E-state index is 0.0698. The number of morpholine rings is 1. The monoisotopic (exact) mass is 369 g/mol. The largest absolute Gasteiger partial charge is 0.394 e. The summed E-state index contributed by atoms with van der Waals surface area (Å²) in [6, 6.07) is -0.158. The molecule has 0 radical (unpaired) electrons. The fourth-order valence-corrected chi connectivity index (χ4v) is 4.05. The zero-order chi connectivity index (χ0) is 18.4. The summed E-state index contributed by atoms with van der Waals surface area (Å²) >= 11 is 0. The molecule has 26 heavy (non-hydrogen) atoms. The van der Waals surface area contributed by atoms with Crippen LogP contribution in [0.4, 0.5) is 4.79 Å². The van der Waals surface area contributed by atoms with E-state index in [9.17, 15) is 14.7 Å². The lowest BCUT2D eigenvalue weighted by Gasteiger charge is -2.37. The molecular weight excluding hydrogens is 338 g/mol. The van der Waals surface area contributed by atoms with Gasteiger partial charge in [-0.25, -0.2) is 4.79 Å². The Bertz CT molecular complexity index is 477. The van der Waals surface area contributed by atoms with Gasteiger partial charge in [-0.1, -0.05) is 12.8 Å². The minimum Gasteiger partial charge on any atom is -0.394 e. The number of ether oxygens (including phenoxy) is 2. The summed E-state index contributed by atoms with van der Waals surface area (Å²) in [6.07, 6.45) is 5.42. The van der Waals surface area contributed by atoms with Crippen molar-refractivity contribution in [1.29, 1.82) is 0 Å². The number of carbonyl (C=O) groups is 2. The average Bonchev–Trinajstić information content (AvgIpc) is 3.16. The highest BCUT2D eigenvalue weighted by Gasteiger charge is 2.34. The maximum Gasteiger partial charge on any atom is 0.315 e. The van der Waals surface area contributed by atoms with E-state index in [2.05, 4.69) is 10.6 Å². The second kappa shape index (κ2) is 9.53. The molecule has 148 valence electrons. The normalized spacial score (nSPS) is 30.2. The van der Waals surface area contributed by atoms with Crippen LogP contribution in [0.2, 0.25) is 0 Å². The molecule has 2 saturated heterocycles. The van der Waals surface area contributed by atoms with Crippen molar-refractivity contribution in [2.75, 3.05) is 32.9 Å². The van der Waals surface area contributed by atoms with E-state index < -0.39 is 6.10 Å². The number of hydrogen-bond acceptors (Lipinski definition) is 5. The van der Waals surface area contributed by atoms with Crippen molar-refractivity contribution in [3.05, 3.63) is 0 Å². The number of carbonyl (C=O) groups excluding carboxylic acids is 2. The number of urea groups is 1. The Morgan fingerprint density at radius 1 is 1.04 bits per heavy atom. The molecule has 0 bridgehead atoms. The first kappa shape index (κ1) is 19.4. The van der Waals surface area contributed by atoms with Crippen LogP contribution >= 0.6 is 0 Å². The van der Waals surface area contributed by atoms with Crippen LogP contribution in [0, 0.1) is 0 Å². The number of nitrogens with one attached hydrogen (secondary N) is 2. The first-order valence-corrected chi connectivity index (χ1v) is 9.84. The Balaban J connectivity index is 1.43. The summed E-state index contributed by atoms with van der Waals surface area (Å²) in [4.78, 5) is 26.3. The minimum atomic E-state index is -0.472. The quantitative estimate of drug-likeness (QED) is 0.651. The van der Waals surface area contributed by atoms with Crippen LogP contribution < -0.4 is 10.6 Å². The van der Waals surface area contributed by atoms with Crippen LogP contribution in [0.1, 0.15) is 44.9 Å². The number of rotatable bonds is 5. The van der Waals surface area contributed by atoms with E-state index >= 15 is 0 Å². The number of amides is 3. The molecule has 2 heterocycles. The van der Waals surface area contributed by atoms with Crippen molar-refractivity contribution in [3.8, 4) is 0 Å². The lowest BCUT2D eigenvalue weighted by molar-refractivity contribution is -0.143. The molecule has 8 heteroatoms. The number of aliphatic hydroxyl groups excluding tert-OH is 1. The zero-order valence-electron chi connectivity index (χ0n) is 15.3. The van der Waals surface area contributed by atoms with Crippen molar-refractivity contribution in [1.82, 2.24) is 15.5 Å². The smallest absolute Gasteiger partial charge is 0.315 e. The molecule has 1 aliphatic carbocycles. The second-order valence-corrected chi connectivity index (χ2v) is 7.46. The Hall–Kier alpha value is -1.38. The molecule has 3 amide bonds. The third-order valence-electron chi connectivity index (χ3n) is 5.57. The van der Waals surface area contributed by atoms with Crippen LogP contribution in [0.15, 0.2) is 0 Å². The molecule has 0 aromatic rings. The Morgan fingerprint density at radius 3 is 2.46 bits per heavy atom. The van der Waals surface area contributed by atoms with E-state index in [-0.39, 0.29) is 36.7 Å². The third-order valence-corrected chi connectivity index (χ3v) is 5.57. The maximum absolute atomic E-state index is 12.4. The lowest BCUT2D eigenvalue weighted by Crippen LogP contribution is -2.55. The molecule has 3 rings (SSSR count). The van der Waals surface area contributed by atoms with E-state index in [1.807, 2.05) is 0 Å². The Kier molecular flexibility index (Phi) is 7.10. The fraction of sp³-hybridized carbons (Fsp3) is 0.889. The summed E-state index contributed by atoms with van der Waals surface area (Å²) in [5.41, 5.74) is 0. The summed E-state index contributed by atoms with van der Waals surface area (Å²) in [5, 5.41) is 15.6. The van der Waals surface area contributed by atoms with Gasteiger partial charge in [-0.05, 0) is 25.7 Å². The third kappa shape index (κ3) is 5.31. The van der Waals surface area contributed by atoms with Crippen LogP contribution in [-0.4, -0.2) is 79.1 Å². The van der Waals surface area contributed by atoms with Crippen molar-refractivity contribution in [2.24, 2.45) is 0 Å². The molecule has 1 saturated carbocycles. The standard InChI is InChI=1S/C18H31N3O5/c22-12-16-15(20-18(24)19-13-3-1-2-4-13)6-5-14(26-16)11-17(23)21-7-9-25-10-8-21/h13-16,22H,1-12H2,(H2,19,20,24)/t14-,15-,16+/m0/s1. The highest BCUT2D eigenvalue weighted by Crippen LogP contribution is 2.23. The Morgan fingerprint density at radius 2 is 1.77 bits per heavy atom. The van der Waals surface area contributed by atoms with Gasteiger partial charge < -0.3 is 30.1 Å². The first-order valence-electron chi connectivity index (χ1n) is 9.84. The molecule has 0 spiro atoms. The van der Waals surface area contributed by atoms with Gasteiger partial charge in [-0.3, -0.25) is 4.79 Å². The molecule has 3 N–H and O–H groups in total. The van der Waals surface area contributed by atoms with Crippen molar-refractivity contribution in [2.45, 2.75) is 69.2 Å². The van der Waals surface area contributed by atoms with E-state index in [0.717, 1.165) is 25.7 Å². The summed E-state index contributed by atoms with van der Waals surface area (Å²) in [6.45, 7) is 2.24. The SMILES string of the molecule is O=C(NC1CCCC1)N[C@H]1CC[C@@H](CC(=O)N2CCOCC2)O[C@@H]1CO. The van der Waals surface area contributed by atoms with Crippen LogP contribution in [0.25, 0.3) is 0 Å². The van der Waals surface area contributed by atoms with Gasteiger partial charge in [0.15, 0.2) is 0 Å². The predicted molar refractivity (Wildman–Crippen MR) is 94.7 cm³/mol. The van der Waals surface area contributed by atoms with Gasteiger partial charge in [0.25, 0.3) is 0 Å². The topological polar surface area (TPSA) is 100 Å². The second-order valence-electron chi connectivity index (χ2n) is 7.46. The van der Waals surface area contributed by atoms with Crippen molar-refractivity contribution >= 4 is 11.9 Å². The highest BCUT2D eigenvalue weighted by molar-refractivity contribution is 5.77. The maximum atomic E-state index is 12.4.